The Bertz CT molecular complexity index is 169. The van der Waals surface area contributed by atoms with Crippen LogP contribution in [0.25, 0.3) is 0 Å². The maximum Gasteiger partial charge on any atom is 0.309 e. The summed E-state index contributed by atoms with van der Waals surface area (Å²) in [5.41, 5.74) is -0.386. The molecule has 0 aromatic carbocycles. The third-order valence-electron chi connectivity index (χ3n) is 2.74. The summed E-state index contributed by atoms with van der Waals surface area (Å²) in [5.74, 6) is -0.268. The molecule has 0 aromatic rings. The Kier molecular flexibility index (Phi) is 2.18. The van der Waals surface area contributed by atoms with Crippen LogP contribution in [0.4, 0.5) is 0 Å². The van der Waals surface area contributed by atoms with E-state index in [1.807, 2.05) is 14.0 Å². The van der Waals surface area contributed by atoms with Crippen molar-refractivity contribution in [2.45, 2.75) is 19.8 Å². The number of carbonyl (C=O) groups is 1. The first-order valence-corrected chi connectivity index (χ1v) is 4.05. The van der Waals surface area contributed by atoms with Crippen LogP contribution in [-0.4, -0.2) is 24.7 Å². The zero-order valence-corrected chi connectivity index (χ0v) is 7.05. The van der Waals surface area contributed by atoms with Crippen LogP contribution in [-0.2, 0) is 4.79 Å². The molecule has 1 saturated carbocycles. The van der Waals surface area contributed by atoms with E-state index in [0.29, 0.717) is 5.92 Å². The Balaban J connectivity index is 2.49. The average molecular weight is 157 g/mol. The summed E-state index contributed by atoms with van der Waals surface area (Å²) in [6, 6.07) is 0. The first kappa shape index (κ1) is 8.53. The topological polar surface area (TPSA) is 49.3 Å². The van der Waals surface area contributed by atoms with E-state index in [2.05, 4.69) is 5.32 Å². The molecule has 0 spiro atoms. The molecule has 64 valence electrons. The van der Waals surface area contributed by atoms with Gasteiger partial charge in [-0.3, -0.25) is 4.79 Å². The Morgan fingerprint density at radius 2 is 2.45 bits per heavy atom. The molecule has 0 aromatic heterocycles. The van der Waals surface area contributed by atoms with E-state index < -0.39 is 5.97 Å². The zero-order chi connectivity index (χ0) is 8.48. The molecule has 1 aliphatic rings. The van der Waals surface area contributed by atoms with Gasteiger partial charge in [0.2, 0.25) is 0 Å². The third kappa shape index (κ3) is 1.25. The second kappa shape index (κ2) is 2.81. The van der Waals surface area contributed by atoms with Gasteiger partial charge in [0.05, 0.1) is 5.41 Å². The average Bonchev–Trinajstić information content (AvgIpc) is 2.65. The molecule has 11 heavy (non-hydrogen) atoms. The number of aliphatic carboxylic acids is 1. The normalized spacial score (nSPS) is 35.3. The monoisotopic (exact) mass is 157 g/mol. The number of rotatable bonds is 4. The molecule has 0 amide bonds. The molecule has 3 heteroatoms. The number of hydrogen-bond donors (Lipinski definition) is 2. The maximum atomic E-state index is 10.8. The molecule has 0 radical (unpaired) electrons. The second-order valence-electron chi connectivity index (χ2n) is 3.27. The molecule has 0 bridgehead atoms. The fourth-order valence-corrected chi connectivity index (χ4v) is 1.74. The fraction of sp³-hybridized carbons (Fsp3) is 0.875. The fourth-order valence-electron chi connectivity index (χ4n) is 1.74. The highest BCUT2D eigenvalue weighted by Crippen LogP contribution is 2.54. The summed E-state index contributed by atoms with van der Waals surface area (Å²) in [6.45, 7) is 2.78. The van der Waals surface area contributed by atoms with Crippen LogP contribution in [0.5, 0.6) is 0 Å². The quantitative estimate of drug-likeness (QED) is 0.631. The van der Waals surface area contributed by atoms with Crippen molar-refractivity contribution < 1.29 is 9.90 Å². The van der Waals surface area contributed by atoms with Crippen LogP contribution in [0.15, 0.2) is 0 Å². The van der Waals surface area contributed by atoms with Crippen molar-refractivity contribution in [1.29, 1.82) is 0 Å². The van der Waals surface area contributed by atoms with Gasteiger partial charge in [0.25, 0.3) is 0 Å². The van der Waals surface area contributed by atoms with Gasteiger partial charge in [-0.25, -0.2) is 0 Å². The first-order valence-electron chi connectivity index (χ1n) is 4.05. The maximum absolute atomic E-state index is 10.8. The largest absolute Gasteiger partial charge is 0.481 e. The highest BCUT2D eigenvalue weighted by Gasteiger charge is 2.58. The van der Waals surface area contributed by atoms with E-state index in [4.69, 9.17) is 5.11 Å². The van der Waals surface area contributed by atoms with Crippen molar-refractivity contribution in [3.05, 3.63) is 0 Å². The van der Waals surface area contributed by atoms with E-state index in [9.17, 15) is 4.79 Å². The minimum absolute atomic E-state index is 0.356. The van der Waals surface area contributed by atoms with Crippen molar-refractivity contribution in [1.82, 2.24) is 5.32 Å². The molecule has 0 saturated heterocycles. The molecule has 0 aliphatic heterocycles. The van der Waals surface area contributed by atoms with E-state index in [0.717, 1.165) is 19.4 Å². The summed E-state index contributed by atoms with van der Waals surface area (Å²) in [6.07, 6.45) is 1.61. The summed E-state index contributed by atoms with van der Waals surface area (Å²) in [5, 5.41) is 11.9. The predicted octanol–water partition coefficient (Wildman–Crippen LogP) is 0.707. The smallest absolute Gasteiger partial charge is 0.309 e. The number of carboxylic acid groups (broad SMARTS) is 1. The zero-order valence-electron chi connectivity index (χ0n) is 7.05. The summed E-state index contributed by atoms with van der Waals surface area (Å²) in [7, 11) is 1.86. The van der Waals surface area contributed by atoms with Crippen molar-refractivity contribution >= 4 is 5.97 Å². The first-order chi connectivity index (χ1) is 5.17. The van der Waals surface area contributed by atoms with Crippen molar-refractivity contribution in [3.8, 4) is 0 Å². The van der Waals surface area contributed by atoms with Crippen LogP contribution < -0.4 is 5.32 Å². The summed E-state index contributed by atoms with van der Waals surface area (Å²) < 4.78 is 0. The third-order valence-corrected chi connectivity index (χ3v) is 2.74. The Hall–Kier alpha value is -0.570. The molecule has 0 unspecified atom stereocenters. The summed E-state index contributed by atoms with van der Waals surface area (Å²) in [4.78, 5) is 10.8. The van der Waals surface area contributed by atoms with Gasteiger partial charge in [-0.1, -0.05) is 6.92 Å². The van der Waals surface area contributed by atoms with Gasteiger partial charge in [0, 0.05) is 0 Å². The van der Waals surface area contributed by atoms with Crippen LogP contribution >= 0.6 is 0 Å². The number of hydrogen-bond acceptors (Lipinski definition) is 2. The second-order valence-corrected chi connectivity index (χ2v) is 3.27. The van der Waals surface area contributed by atoms with Gasteiger partial charge in [-0.15, -0.1) is 0 Å². The van der Waals surface area contributed by atoms with Crippen molar-refractivity contribution in [3.63, 3.8) is 0 Å². The molecule has 0 heterocycles. The van der Waals surface area contributed by atoms with Crippen LogP contribution in [0, 0.1) is 11.3 Å². The van der Waals surface area contributed by atoms with Crippen molar-refractivity contribution in [2.75, 3.05) is 13.6 Å². The summed E-state index contributed by atoms with van der Waals surface area (Å²) >= 11 is 0. The Morgan fingerprint density at radius 1 is 1.82 bits per heavy atom. The van der Waals surface area contributed by atoms with Gasteiger partial charge in [0.1, 0.15) is 0 Å². The molecule has 1 fully saturated rings. The van der Waals surface area contributed by atoms with E-state index in [1.54, 1.807) is 0 Å². The van der Waals surface area contributed by atoms with Crippen LogP contribution in [0.1, 0.15) is 19.8 Å². The molecule has 1 rings (SSSR count). The molecular weight excluding hydrogens is 142 g/mol. The Labute approximate surface area is 66.8 Å². The highest BCUT2D eigenvalue weighted by molar-refractivity contribution is 5.78. The lowest BCUT2D eigenvalue weighted by atomic mass is 10.0. The highest BCUT2D eigenvalue weighted by atomic mass is 16.4. The molecular formula is C8H15NO2. The van der Waals surface area contributed by atoms with E-state index in [-0.39, 0.29) is 5.41 Å². The van der Waals surface area contributed by atoms with Gasteiger partial charge in [0.15, 0.2) is 0 Å². The van der Waals surface area contributed by atoms with E-state index in [1.165, 1.54) is 0 Å². The molecule has 3 nitrogen and oxygen atoms in total. The van der Waals surface area contributed by atoms with Gasteiger partial charge in [-0.2, -0.15) is 0 Å². The molecule has 2 atom stereocenters. The van der Waals surface area contributed by atoms with Crippen LogP contribution in [0.3, 0.4) is 0 Å². The van der Waals surface area contributed by atoms with E-state index >= 15 is 0 Å². The van der Waals surface area contributed by atoms with Gasteiger partial charge >= 0.3 is 5.97 Å². The minimum atomic E-state index is -0.625. The molecule has 2 N–H and O–H groups in total. The SMILES string of the molecule is CC[C@@]1(C(=O)O)C[C@H]1CNC. The lowest BCUT2D eigenvalue weighted by molar-refractivity contribution is -0.144. The Morgan fingerprint density at radius 3 is 2.73 bits per heavy atom. The van der Waals surface area contributed by atoms with Crippen LogP contribution in [0.2, 0.25) is 0 Å². The minimum Gasteiger partial charge on any atom is -0.481 e. The predicted molar refractivity (Wildman–Crippen MR) is 42.4 cm³/mol. The number of carboxylic acids is 1. The van der Waals surface area contributed by atoms with Crippen molar-refractivity contribution in [2.24, 2.45) is 11.3 Å². The lowest BCUT2D eigenvalue weighted by Gasteiger charge is -2.07. The molecule has 1 aliphatic carbocycles. The number of nitrogens with one attached hydrogen (secondary N) is 1. The standard InChI is InChI=1S/C8H15NO2/c1-3-8(7(10)11)4-6(8)5-9-2/h6,9H,3-5H2,1-2H3,(H,10,11)/t6-,8+/m0/s1. The van der Waals surface area contributed by atoms with Gasteiger partial charge < -0.3 is 10.4 Å². The van der Waals surface area contributed by atoms with Gasteiger partial charge in [-0.05, 0) is 32.4 Å². The lowest BCUT2D eigenvalue weighted by Crippen LogP contribution is -2.21.